The fourth-order valence-electron chi connectivity index (χ4n) is 2.30. The summed E-state index contributed by atoms with van der Waals surface area (Å²) in [4.78, 5) is 10.3. The second-order valence-corrected chi connectivity index (χ2v) is 4.88. The van der Waals surface area contributed by atoms with Gasteiger partial charge in [-0.1, -0.05) is 13.0 Å². The van der Waals surface area contributed by atoms with Crippen molar-refractivity contribution in [2.45, 2.75) is 38.0 Å². The van der Waals surface area contributed by atoms with Gasteiger partial charge in [-0.3, -0.25) is 10.1 Å². The summed E-state index contributed by atoms with van der Waals surface area (Å²) in [5.74, 6) is 0.517. The highest BCUT2D eigenvalue weighted by molar-refractivity contribution is 5.38. The number of nitro benzene ring substituents is 1. The second-order valence-electron chi connectivity index (χ2n) is 4.88. The molecule has 3 atom stereocenters. The van der Waals surface area contributed by atoms with E-state index in [0.717, 1.165) is 12.8 Å². The lowest BCUT2D eigenvalue weighted by Crippen LogP contribution is -2.60. The van der Waals surface area contributed by atoms with E-state index in [4.69, 9.17) is 9.47 Å². The number of rotatable bonds is 7. The molecule has 1 saturated carbocycles. The summed E-state index contributed by atoms with van der Waals surface area (Å²) >= 11 is 0. The standard InChI is InChI=1S/C14H20N2O4/c1-3-7-19-14-12(15-2)9-13(14)20-11-6-4-5-10(8-11)16(17)18/h4-6,8,12-15H,3,7,9H2,1-2H3. The fraction of sp³-hybridized carbons (Fsp3) is 0.571. The van der Waals surface area contributed by atoms with Gasteiger partial charge in [0.15, 0.2) is 0 Å². The summed E-state index contributed by atoms with van der Waals surface area (Å²) in [6.45, 7) is 2.75. The third kappa shape index (κ3) is 3.26. The van der Waals surface area contributed by atoms with Crippen LogP contribution >= 0.6 is 0 Å². The van der Waals surface area contributed by atoms with Crippen LogP contribution in [0.3, 0.4) is 0 Å². The Morgan fingerprint density at radius 3 is 2.95 bits per heavy atom. The molecule has 2 rings (SSSR count). The van der Waals surface area contributed by atoms with Gasteiger partial charge in [-0.25, -0.2) is 0 Å². The lowest BCUT2D eigenvalue weighted by Gasteiger charge is -2.43. The van der Waals surface area contributed by atoms with Crippen LogP contribution in [0, 0.1) is 10.1 Å². The second kappa shape index (κ2) is 6.67. The Balaban J connectivity index is 1.98. The van der Waals surface area contributed by atoms with Gasteiger partial charge in [-0.15, -0.1) is 0 Å². The minimum Gasteiger partial charge on any atom is -0.487 e. The number of nitrogens with zero attached hydrogens (tertiary/aromatic N) is 1. The predicted octanol–water partition coefficient (Wildman–Crippen LogP) is 2.13. The van der Waals surface area contributed by atoms with Crippen molar-refractivity contribution >= 4 is 5.69 Å². The van der Waals surface area contributed by atoms with Gasteiger partial charge < -0.3 is 14.8 Å². The molecule has 6 nitrogen and oxygen atoms in total. The molecule has 0 bridgehead atoms. The summed E-state index contributed by atoms with van der Waals surface area (Å²) in [7, 11) is 1.90. The molecule has 0 aliphatic heterocycles. The number of hydrogen-bond donors (Lipinski definition) is 1. The summed E-state index contributed by atoms with van der Waals surface area (Å²) < 4.78 is 11.6. The number of non-ortho nitro benzene ring substituents is 1. The molecule has 0 spiro atoms. The summed E-state index contributed by atoms with van der Waals surface area (Å²) in [5.41, 5.74) is 0.0398. The van der Waals surface area contributed by atoms with Gasteiger partial charge >= 0.3 is 0 Å². The van der Waals surface area contributed by atoms with Crippen molar-refractivity contribution in [1.29, 1.82) is 0 Å². The van der Waals surface area contributed by atoms with Crippen molar-refractivity contribution in [2.24, 2.45) is 0 Å². The van der Waals surface area contributed by atoms with Crippen molar-refractivity contribution in [2.75, 3.05) is 13.7 Å². The Morgan fingerprint density at radius 1 is 1.50 bits per heavy atom. The van der Waals surface area contributed by atoms with Gasteiger partial charge in [0.2, 0.25) is 0 Å². The van der Waals surface area contributed by atoms with Gasteiger partial charge in [-0.2, -0.15) is 0 Å². The van der Waals surface area contributed by atoms with E-state index in [1.165, 1.54) is 12.1 Å². The van der Waals surface area contributed by atoms with Gasteiger partial charge in [0.25, 0.3) is 5.69 Å². The van der Waals surface area contributed by atoms with E-state index >= 15 is 0 Å². The maximum atomic E-state index is 10.7. The number of ether oxygens (including phenoxy) is 2. The molecule has 1 aliphatic rings. The number of likely N-dealkylation sites (N-methyl/N-ethyl adjacent to an activating group) is 1. The molecule has 1 aromatic rings. The van der Waals surface area contributed by atoms with E-state index in [0.29, 0.717) is 12.4 Å². The SMILES string of the molecule is CCCOC1C(NC)CC1Oc1cccc([N+](=O)[O-])c1. The summed E-state index contributed by atoms with van der Waals surface area (Å²) in [5, 5.41) is 13.9. The summed E-state index contributed by atoms with van der Waals surface area (Å²) in [6.07, 6.45) is 1.74. The van der Waals surface area contributed by atoms with E-state index in [1.54, 1.807) is 12.1 Å². The van der Waals surface area contributed by atoms with Crippen molar-refractivity contribution < 1.29 is 14.4 Å². The smallest absolute Gasteiger partial charge is 0.273 e. The number of hydrogen-bond acceptors (Lipinski definition) is 5. The highest BCUT2D eigenvalue weighted by Crippen LogP contribution is 2.30. The number of nitrogens with one attached hydrogen (secondary N) is 1. The lowest BCUT2D eigenvalue weighted by atomic mass is 9.85. The Bertz CT molecular complexity index is 466. The molecule has 20 heavy (non-hydrogen) atoms. The zero-order chi connectivity index (χ0) is 14.5. The van der Waals surface area contributed by atoms with Crippen molar-refractivity contribution in [1.82, 2.24) is 5.32 Å². The molecule has 0 radical (unpaired) electrons. The van der Waals surface area contributed by atoms with Crippen molar-refractivity contribution in [3.63, 3.8) is 0 Å². The Morgan fingerprint density at radius 2 is 2.30 bits per heavy atom. The van der Waals surface area contributed by atoms with Crippen LogP contribution in [0.15, 0.2) is 24.3 Å². The number of nitro groups is 1. The predicted molar refractivity (Wildman–Crippen MR) is 75.0 cm³/mol. The van der Waals surface area contributed by atoms with E-state index < -0.39 is 4.92 Å². The zero-order valence-electron chi connectivity index (χ0n) is 11.7. The van der Waals surface area contributed by atoms with Crippen LogP contribution in [0.5, 0.6) is 5.75 Å². The molecule has 1 aliphatic carbocycles. The molecule has 0 heterocycles. The largest absolute Gasteiger partial charge is 0.487 e. The third-order valence-electron chi connectivity index (χ3n) is 3.45. The number of benzene rings is 1. The molecular weight excluding hydrogens is 260 g/mol. The van der Waals surface area contributed by atoms with Crippen LogP contribution in [-0.4, -0.2) is 36.8 Å². The quantitative estimate of drug-likeness (QED) is 0.612. The van der Waals surface area contributed by atoms with Crippen LogP contribution in [0.25, 0.3) is 0 Å². The van der Waals surface area contributed by atoms with Crippen molar-refractivity contribution in [3.05, 3.63) is 34.4 Å². The van der Waals surface area contributed by atoms with E-state index in [-0.39, 0.29) is 23.9 Å². The van der Waals surface area contributed by atoms with Crippen LogP contribution < -0.4 is 10.1 Å². The normalized spacial score (nSPS) is 25.0. The Labute approximate surface area is 118 Å². The van der Waals surface area contributed by atoms with Gasteiger partial charge in [0.05, 0.1) is 11.0 Å². The minimum absolute atomic E-state index is 0.000729. The van der Waals surface area contributed by atoms with Crippen LogP contribution in [0.1, 0.15) is 19.8 Å². The third-order valence-corrected chi connectivity index (χ3v) is 3.45. The van der Waals surface area contributed by atoms with Crippen molar-refractivity contribution in [3.8, 4) is 5.75 Å². The molecule has 6 heteroatoms. The molecule has 110 valence electrons. The highest BCUT2D eigenvalue weighted by atomic mass is 16.6. The van der Waals surface area contributed by atoms with Crippen LogP contribution in [-0.2, 0) is 4.74 Å². The Hall–Kier alpha value is -1.66. The maximum absolute atomic E-state index is 10.7. The van der Waals surface area contributed by atoms with Gasteiger partial charge in [0.1, 0.15) is 18.0 Å². The first-order chi connectivity index (χ1) is 9.65. The zero-order valence-corrected chi connectivity index (χ0v) is 11.7. The van der Waals surface area contributed by atoms with E-state index in [1.807, 2.05) is 7.05 Å². The molecule has 1 aromatic carbocycles. The monoisotopic (exact) mass is 280 g/mol. The molecule has 3 unspecified atom stereocenters. The average Bonchev–Trinajstić information content (AvgIpc) is 2.43. The van der Waals surface area contributed by atoms with E-state index in [2.05, 4.69) is 12.2 Å². The molecular formula is C14H20N2O4. The molecule has 1 N–H and O–H groups in total. The molecule has 1 fully saturated rings. The minimum atomic E-state index is -0.422. The van der Waals surface area contributed by atoms with Crippen LogP contribution in [0.2, 0.25) is 0 Å². The van der Waals surface area contributed by atoms with Crippen LogP contribution in [0.4, 0.5) is 5.69 Å². The first kappa shape index (κ1) is 14.7. The molecule has 0 amide bonds. The Kier molecular flexibility index (Phi) is 4.92. The highest BCUT2D eigenvalue weighted by Gasteiger charge is 2.43. The fourth-order valence-corrected chi connectivity index (χ4v) is 2.30. The summed E-state index contributed by atoms with van der Waals surface area (Å²) in [6, 6.07) is 6.55. The molecule has 0 aromatic heterocycles. The lowest BCUT2D eigenvalue weighted by molar-refractivity contribution is -0.385. The van der Waals surface area contributed by atoms with Gasteiger partial charge in [0, 0.05) is 25.1 Å². The average molecular weight is 280 g/mol. The maximum Gasteiger partial charge on any atom is 0.273 e. The molecule has 0 saturated heterocycles. The first-order valence-corrected chi connectivity index (χ1v) is 6.85. The first-order valence-electron chi connectivity index (χ1n) is 6.85. The van der Waals surface area contributed by atoms with E-state index in [9.17, 15) is 10.1 Å². The van der Waals surface area contributed by atoms with Gasteiger partial charge in [-0.05, 0) is 19.5 Å². The topological polar surface area (TPSA) is 73.6 Å².